The van der Waals surface area contributed by atoms with Crippen LogP contribution in [0.1, 0.15) is 33.6 Å². The molecule has 0 unspecified atom stereocenters. The molecule has 4 heteroatoms. The van der Waals surface area contributed by atoms with Gasteiger partial charge in [0.15, 0.2) is 0 Å². The van der Waals surface area contributed by atoms with Crippen LogP contribution in [0, 0.1) is 11.8 Å². The standard InChI is InChI=1S/C16H14O4/c17-15-13-9-5-6-10-14(13)16(18)20-12-8-4-2-1-3-7-11-19-15/h1,3,5-6,9-10H,7-8,11-12H2/b3-1-. The second kappa shape index (κ2) is 7.15. The molecule has 2 rings (SSSR count). The van der Waals surface area contributed by atoms with Crippen molar-refractivity contribution >= 4 is 11.9 Å². The molecule has 0 aromatic heterocycles. The summed E-state index contributed by atoms with van der Waals surface area (Å²) in [4.78, 5) is 23.9. The summed E-state index contributed by atoms with van der Waals surface area (Å²) in [6.07, 6.45) is 4.59. The maximum Gasteiger partial charge on any atom is 0.339 e. The van der Waals surface area contributed by atoms with Crippen molar-refractivity contribution in [2.45, 2.75) is 12.8 Å². The average molecular weight is 270 g/mol. The largest absolute Gasteiger partial charge is 0.462 e. The molecule has 0 bridgehead atoms. The topological polar surface area (TPSA) is 52.6 Å². The predicted molar refractivity (Wildman–Crippen MR) is 73.2 cm³/mol. The van der Waals surface area contributed by atoms with Gasteiger partial charge in [-0.25, -0.2) is 9.59 Å². The van der Waals surface area contributed by atoms with Crippen LogP contribution in [0.5, 0.6) is 0 Å². The number of hydrogen-bond acceptors (Lipinski definition) is 4. The molecule has 0 radical (unpaired) electrons. The number of ether oxygens (including phenoxy) is 2. The van der Waals surface area contributed by atoms with Gasteiger partial charge in [0.05, 0.1) is 17.7 Å². The Morgan fingerprint density at radius 2 is 1.60 bits per heavy atom. The molecule has 0 saturated carbocycles. The predicted octanol–water partition coefficient (Wildman–Crippen LogP) is 2.35. The molecular formula is C16H14O4. The van der Waals surface area contributed by atoms with Crippen LogP contribution in [0.2, 0.25) is 0 Å². The van der Waals surface area contributed by atoms with Crippen molar-refractivity contribution in [2.75, 3.05) is 13.2 Å². The van der Waals surface area contributed by atoms with E-state index in [0.717, 1.165) is 0 Å². The van der Waals surface area contributed by atoms with E-state index in [1.807, 2.05) is 6.08 Å². The van der Waals surface area contributed by atoms with Crippen LogP contribution >= 0.6 is 0 Å². The van der Waals surface area contributed by atoms with E-state index in [2.05, 4.69) is 11.8 Å². The van der Waals surface area contributed by atoms with Gasteiger partial charge in [0.25, 0.3) is 0 Å². The lowest BCUT2D eigenvalue weighted by atomic mass is 10.1. The van der Waals surface area contributed by atoms with E-state index < -0.39 is 11.9 Å². The second-order valence-corrected chi connectivity index (χ2v) is 4.08. The highest BCUT2D eigenvalue weighted by Gasteiger charge is 2.18. The van der Waals surface area contributed by atoms with Crippen LogP contribution in [0.15, 0.2) is 36.4 Å². The van der Waals surface area contributed by atoms with Gasteiger partial charge in [-0.15, -0.1) is 0 Å². The molecule has 1 aliphatic heterocycles. The Morgan fingerprint density at radius 3 is 2.30 bits per heavy atom. The monoisotopic (exact) mass is 270 g/mol. The van der Waals surface area contributed by atoms with Crippen molar-refractivity contribution in [3.8, 4) is 11.8 Å². The number of allylic oxidation sites excluding steroid dienone is 1. The minimum atomic E-state index is -0.535. The minimum Gasteiger partial charge on any atom is -0.462 e. The van der Waals surface area contributed by atoms with Crippen molar-refractivity contribution in [3.63, 3.8) is 0 Å². The number of esters is 2. The lowest BCUT2D eigenvalue weighted by Gasteiger charge is -2.09. The Morgan fingerprint density at radius 1 is 0.950 bits per heavy atom. The smallest absolute Gasteiger partial charge is 0.339 e. The SMILES string of the molecule is O=C1OCCC#C/C=C\CCOC(=O)c2ccccc21. The molecule has 1 heterocycles. The minimum absolute atomic E-state index is 0.197. The number of carbonyl (C=O) groups excluding carboxylic acids is 2. The van der Waals surface area contributed by atoms with E-state index in [1.54, 1.807) is 30.3 Å². The first-order valence-corrected chi connectivity index (χ1v) is 6.36. The Labute approximate surface area is 117 Å². The Balaban J connectivity index is 2.23. The number of fused-ring (bicyclic) bond motifs is 1. The zero-order valence-corrected chi connectivity index (χ0v) is 10.9. The number of carbonyl (C=O) groups is 2. The van der Waals surface area contributed by atoms with Crippen LogP contribution < -0.4 is 0 Å². The number of cyclic esters (lactones) is 2. The van der Waals surface area contributed by atoms with Gasteiger partial charge in [0.1, 0.15) is 6.61 Å². The maximum absolute atomic E-state index is 11.9. The van der Waals surface area contributed by atoms with E-state index in [9.17, 15) is 9.59 Å². The molecule has 102 valence electrons. The van der Waals surface area contributed by atoms with Crippen LogP contribution in [-0.4, -0.2) is 25.2 Å². The van der Waals surface area contributed by atoms with Crippen molar-refractivity contribution in [3.05, 3.63) is 47.5 Å². The second-order valence-electron chi connectivity index (χ2n) is 4.08. The fourth-order valence-electron chi connectivity index (χ4n) is 1.68. The Bertz CT molecular complexity index is 590. The molecule has 0 spiro atoms. The van der Waals surface area contributed by atoms with Crippen LogP contribution in [0.3, 0.4) is 0 Å². The first-order chi connectivity index (χ1) is 9.79. The number of rotatable bonds is 0. The summed E-state index contributed by atoms with van der Waals surface area (Å²) in [5.41, 5.74) is 0.447. The molecule has 0 fully saturated rings. The quantitative estimate of drug-likeness (QED) is 0.536. The molecule has 0 saturated heterocycles. The molecule has 0 aliphatic carbocycles. The summed E-state index contributed by atoms with van der Waals surface area (Å²) in [6.45, 7) is 0.448. The van der Waals surface area contributed by atoms with E-state index in [4.69, 9.17) is 9.47 Å². The molecular weight excluding hydrogens is 256 g/mol. The first kappa shape index (κ1) is 13.9. The van der Waals surface area contributed by atoms with Gasteiger partial charge in [-0.2, -0.15) is 0 Å². The van der Waals surface area contributed by atoms with E-state index in [1.165, 1.54) is 0 Å². The maximum atomic E-state index is 11.9. The van der Waals surface area contributed by atoms with E-state index in [-0.39, 0.29) is 24.3 Å². The molecule has 0 atom stereocenters. The van der Waals surface area contributed by atoms with Gasteiger partial charge in [-0.3, -0.25) is 0 Å². The van der Waals surface area contributed by atoms with Crippen molar-refractivity contribution in [1.29, 1.82) is 0 Å². The molecule has 4 nitrogen and oxygen atoms in total. The zero-order valence-electron chi connectivity index (χ0n) is 10.9. The van der Waals surface area contributed by atoms with Crippen molar-refractivity contribution < 1.29 is 19.1 Å². The van der Waals surface area contributed by atoms with E-state index >= 15 is 0 Å². The molecule has 1 aliphatic rings. The third kappa shape index (κ3) is 3.72. The Kier molecular flexibility index (Phi) is 4.96. The average Bonchev–Trinajstić information content (AvgIpc) is 2.48. The molecule has 0 N–H and O–H groups in total. The normalized spacial score (nSPS) is 17.6. The van der Waals surface area contributed by atoms with Crippen LogP contribution in [0.25, 0.3) is 0 Å². The van der Waals surface area contributed by atoms with Gasteiger partial charge >= 0.3 is 11.9 Å². The lowest BCUT2D eigenvalue weighted by Crippen LogP contribution is -2.14. The summed E-state index contributed by atoms with van der Waals surface area (Å²) in [7, 11) is 0. The summed E-state index contributed by atoms with van der Waals surface area (Å²) < 4.78 is 10.2. The molecule has 1 aromatic carbocycles. The summed E-state index contributed by atoms with van der Waals surface area (Å²) in [5.74, 6) is 4.64. The molecule has 20 heavy (non-hydrogen) atoms. The molecule has 1 aromatic rings. The van der Waals surface area contributed by atoms with Gasteiger partial charge in [-0.1, -0.05) is 30.0 Å². The van der Waals surface area contributed by atoms with Crippen molar-refractivity contribution in [1.82, 2.24) is 0 Å². The van der Waals surface area contributed by atoms with Gasteiger partial charge in [0, 0.05) is 12.8 Å². The third-order valence-electron chi connectivity index (χ3n) is 2.65. The number of hydrogen-bond donors (Lipinski definition) is 0. The zero-order chi connectivity index (χ0) is 14.2. The van der Waals surface area contributed by atoms with Gasteiger partial charge < -0.3 is 9.47 Å². The summed E-state index contributed by atoms with van der Waals surface area (Å²) in [6, 6.07) is 6.47. The lowest BCUT2D eigenvalue weighted by molar-refractivity contribution is 0.0465. The highest BCUT2D eigenvalue weighted by Crippen LogP contribution is 2.12. The van der Waals surface area contributed by atoms with Crippen LogP contribution in [-0.2, 0) is 9.47 Å². The Hall–Kier alpha value is -2.54. The number of benzene rings is 1. The highest BCUT2D eigenvalue weighted by molar-refractivity contribution is 6.03. The van der Waals surface area contributed by atoms with Crippen LogP contribution in [0.4, 0.5) is 0 Å². The third-order valence-corrected chi connectivity index (χ3v) is 2.65. The fraction of sp³-hybridized carbons (Fsp3) is 0.250. The molecule has 0 amide bonds. The highest BCUT2D eigenvalue weighted by atomic mass is 16.5. The fourth-order valence-corrected chi connectivity index (χ4v) is 1.68. The van der Waals surface area contributed by atoms with E-state index in [0.29, 0.717) is 12.8 Å². The van der Waals surface area contributed by atoms with Crippen molar-refractivity contribution in [2.24, 2.45) is 0 Å². The first-order valence-electron chi connectivity index (χ1n) is 6.36. The van der Waals surface area contributed by atoms with Gasteiger partial charge in [0.2, 0.25) is 0 Å². The van der Waals surface area contributed by atoms with Gasteiger partial charge in [-0.05, 0) is 18.2 Å². The summed E-state index contributed by atoms with van der Waals surface area (Å²) in [5, 5.41) is 0. The summed E-state index contributed by atoms with van der Waals surface area (Å²) >= 11 is 0.